The van der Waals surface area contributed by atoms with E-state index in [9.17, 15) is 17.6 Å². The Morgan fingerprint density at radius 3 is 2.53 bits per heavy atom. The molecule has 0 radical (unpaired) electrons. The smallest absolute Gasteiger partial charge is 0.245 e. The van der Waals surface area contributed by atoms with Crippen LogP contribution in [0.15, 0.2) is 76.0 Å². The number of halogens is 2. The molecule has 0 saturated carbocycles. The van der Waals surface area contributed by atoms with Gasteiger partial charge in [0.05, 0.1) is 10.6 Å². The van der Waals surface area contributed by atoms with E-state index in [1.807, 2.05) is 0 Å². The number of furan rings is 1. The van der Waals surface area contributed by atoms with E-state index in [1.165, 1.54) is 29.2 Å². The number of hydrogen-bond donors (Lipinski definition) is 1. The number of aryl methyl sites for hydroxylation is 1. The van der Waals surface area contributed by atoms with Crippen molar-refractivity contribution in [2.45, 2.75) is 24.3 Å². The van der Waals surface area contributed by atoms with Crippen molar-refractivity contribution in [2.75, 3.05) is 11.4 Å². The second kappa shape index (κ2) is 8.54. The van der Waals surface area contributed by atoms with E-state index < -0.39 is 27.8 Å². The molecule has 0 aliphatic carbocycles. The quantitative estimate of drug-likeness (QED) is 0.406. The molecule has 1 amide bonds. The van der Waals surface area contributed by atoms with Crippen LogP contribution in [0.2, 0.25) is 5.02 Å². The number of amides is 1. The van der Waals surface area contributed by atoms with Gasteiger partial charge in [-0.2, -0.15) is 4.72 Å². The lowest BCUT2D eigenvalue weighted by atomic mass is 10.1. The van der Waals surface area contributed by atoms with Crippen molar-refractivity contribution in [3.63, 3.8) is 0 Å². The van der Waals surface area contributed by atoms with E-state index in [1.54, 1.807) is 49.4 Å². The number of rotatable bonds is 5. The molecule has 1 aliphatic heterocycles. The highest BCUT2D eigenvalue weighted by molar-refractivity contribution is 7.89. The van der Waals surface area contributed by atoms with Gasteiger partial charge in [-0.15, -0.1) is 0 Å². The van der Waals surface area contributed by atoms with E-state index in [2.05, 4.69) is 4.72 Å². The second-order valence-electron chi connectivity index (χ2n) is 8.18. The minimum Gasteiger partial charge on any atom is -0.461 e. The van der Waals surface area contributed by atoms with Gasteiger partial charge in [0.2, 0.25) is 15.9 Å². The first-order chi connectivity index (χ1) is 16.2. The summed E-state index contributed by atoms with van der Waals surface area (Å²) in [5.74, 6) is 0.145. The molecule has 4 aromatic rings. The molecule has 1 N–H and O–H groups in total. The lowest BCUT2D eigenvalue weighted by Gasteiger charge is -2.18. The fourth-order valence-corrected chi connectivity index (χ4v) is 5.55. The first kappa shape index (κ1) is 22.6. The average molecular weight is 499 g/mol. The first-order valence-corrected chi connectivity index (χ1v) is 12.5. The fourth-order valence-electron chi connectivity index (χ4n) is 4.11. The maximum absolute atomic E-state index is 14.9. The maximum Gasteiger partial charge on any atom is 0.245 e. The monoisotopic (exact) mass is 498 g/mol. The highest BCUT2D eigenvalue weighted by Crippen LogP contribution is 2.31. The average Bonchev–Trinajstić information content (AvgIpc) is 3.39. The summed E-state index contributed by atoms with van der Waals surface area (Å²) in [4.78, 5) is 14.3. The predicted octanol–water partition coefficient (Wildman–Crippen LogP) is 5.28. The highest BCUT2D eigenvalue weighted by atomic mass is 35.5. The predicted molar refractivity (Wildman–Crippen MR) is 129 cm³/mol. The summed E-state index contributed by atoms with van der Waals surface area (Å²) in [7, 11) is -3.97. The van der Waals surface area contributed by atoms with Gasteiger partial charge in [-0.1, -0.05) is 23.7 Å². The molecular formula is C25H20ClFN2O4S. The number of nitrogens with zero attached hydrogens (tertiary/aromatic N) is 1. The van der Waals surface area contributed by atoms with E-state index in [0.29, 0.717) is 27.5 Å². The van der Waals surface area contributed by atoms with Gasteiger partial charge in [0, 0.05) is 17.1 Å². The van der Waals surface area contributed by atoms with Crippen molar-refractivity contribution in [3.8, 4) is 11.3 Å². The topological polar surface area (TPSA) is 79.6 Å². The van der Waals surface area contributed by atoms with Gasteiger partial charge >= 0.3 is 0 Å². The molecule has 5 rings (SSSR count). The van der Waals surface area contributed by atoms with Crippen LogP contribution in [0, 0.1) is 12.7 Å². The molecular weight excluding hydrogens is 479 g/mol. The Morgan fingerprint density at radius 1 is 1.03 bits per heavy atom. The van der Waals surface area contributed by atoms with E-state index in [4.69, 9.17) is 16.0 Å². The van der Waals surface area contributed by atoms with Crippen LogP contribution in [-0.2, 0) is 14.8 Å². The number of carbonyl (C=O) groups excluding carboxylic acids is 1. The van der Waals surface area contributed by atoms with Crippen molar-refractivity contribution in [1.29, 1.82) is 0 Å². The SMILES string of the molecule is Cc1ccc(-c2ccc(N3CC[C@H](NS(=O)(=O)c4ccc5cc(Cl)ccc5c4)C3=O)c(F)c2)o1. The van der Waals surface area contributed by atoms with Crippen LogP contribution in [-0.4, -0.2) is 26.9 Å². The van der Waals surface area contributed by atoms with Crippen molar-refractivity contribution >= 4 is 44.0 Å². The van der Waals surface area contributed by atoms with Crippen LogP contribution in [0.1, 0.15) is 12.2 Å². The summed E-state index contributed by atoms with van der Waals surface area (Å²) in [5.41, 5.74) is 0.650. The molecule has 3 aromatic carbocycles. The van der Waals surface area contributed by atoms with Crippen molar-refractivity contribution in [1.82, 2.24) is 4.72 Å². The molecule has 174 valence electrons. The Labute approximate surface area is 201 Å². The van der Waals surface area contributed by atoms with Crippen LogP contribution < -0.4 is 9.62 Å². The molecule has 1 fully saturated rings. The van der Waals surface area contributed by atoms with Gasteiger partial charge in [-0.25, -0.2) is 12.8 Å². The molecule has 1 saturated heterocycles. The maximum atomic E-state index is 14.9. The molecule has 2 heterocycles. The van der Waals surface area contributed by atoms with Crippen LogP contribution in [0.5, 0.6) is 0 Å². The molecule has 34 heavy (non-hydrogen) atoms. The van der Waals surface area contributed by atoms with E-state index in [0.717, 1.165) is 5.39 Å². The zero-order valence-electron chi connectivity index (χ0n) is 18.1. The number of nitrogens with one attached hydrogen (secondary N) is 1. The zero-order chi connectivity index (χ0) is 24.0. The van der Waals surface area contributed by atoms with Crippen LogP contribution in [0.4, 0.5) is 10.1 Å². The van der Waals surface area contributed by atoms with Gasteiger partial charge in [0.15, 0.2) is 0 Å². The number of benzene rings is 3. The van der Waals surface area contributed by atoms with Crippen molar-refractivity contribution in [3.05, 3.63) is 83.3 Å². The minimum atomic E-state index is -3.97. The van der Waals surface area contributed by atoms with Crippen molar-refractivity contribution in [2.24, 2.45) is 0 Å². The number of hydrogen-bond acceptors (Lipinski definition) is 4. The van der Waals surface area contributed by atoms with Gasteiger partial charge in [-0.3, -0.25) is 4.79 Å². The summed E-state index contributed by atoms with van der Waals surface area (Å²) in [5, 5.41) is 2.07. The Kier molecular flexibility index (Phi) is 5.67. The summed E-state index contributed by atoms with van der Waals surface area (Å²) in [6, 6.07) is 16.8. The molecule has 1 atom stereocenters. The van der Waals surface area contributed by atoms with Gasteiger partial charge < -0.3 is 9.32 Å². The van der Waals surface area contributed by atoms with Gasteiger partial charge in [0.25, 0.3) is 0 Å². The summed E-state index contributed by atoms with van der Waals surface area (Å²) in [6.45, 7) is 1.99. The molecule has 6 nitrogen and oxygen atoms in total. The van der Waals surface area contributed by atoms with Crippen LogP contribution >= 0.6 is 11.6 Å². The molecule has 0 spiro atoms. The Balaban J connectivity index is 1.35. The minimum absolute atomic E-state index is 0.0397. The van der Waals surface area contributed by atoms with Crippen LogP contribution in [0.3, 0.4) is 0 Å². The Bertz CT molecular complexity index is 1530. The second-order valence-corrected chi connectivity index (χ2v) is 10.3. The lowest BCUT2D eigenvalue weighted by molar-refractivity contribution is -0.118. The molecule has 0 bridgehead atoms. The number of fused-ring (bicyclic) bond motifs is 1. The molecule has 1 aliphatic rings. The zero-order valence-corrected chi connectivity index (χ0v) is 19.7. The molecule has 9 heteroatoms. The third kappa shape index (κ3) is 4.20. The highest BCUT2D eigenvalue weighted by Gasteiger charge is 2.36. The first-order valence-electron chi connectivity index (χ1n) is 10.6. The van der Waals surface area contributed by atoms with Gasteiger partial charge in [0.1, 0.15) is 23.4 Å². The van der Waals surface area contributed by atoms with Crippen molar-refractivity contribution < 1.29 is 22.0 Å². The lowest BCUT2D eigenvalue weighted by Crippen LogP contribution is -2.41. The van der Waals surface area contributed by atoms with Gasteiger partial charge in [-0.05, 0) is 78.7 Å². The number of anilines is 1. The fraction of sp³-hybridized carbons (Fsp3) is 0.160. The number of carbonyl (C=O) groups is 1. The third-order valence-electron chi connectivity index (χ3n) is 5.85. The van der Waals surface area contributed by atoms with Crippen LogP contribution in [0.25, 0.3) is 22.1 Å². The molecule has 1 aromatic heterocycles. The van der Waals surface area contributed by atoms with E-state index >= 15 is 0 Å². The summed E-state index contributed by atoms with van der Waals surface area (Å²) >= 11 is 5.99. The normalized spacial score (nSPS) is 16.5. The van der Waals surface area contributed by atoms with E-state index in [-0.39, 0.29) is 23.5 Å². The Hall–Kier alpha value is -3.20. The molecule has 0 unspecified atom stereocenters. The summed E-state index contributed by atoms with van der Waals surface area (Å²) < 4.78 is 48.8. The summed E-state index contributed by atoms with van der Waals surface area (Å²) in [6.07, 6.45) is 0.222. The largest absolute Gasteiger partial charge is 0.461 e. The number of sulfonamides is 1. The standard InChI is InChI=1S/C25H20ClFN2O4S/c1-15-2-9-24(33-15)18-5-8-23(21(27)14-18)29-11-10-22(25(29)30)28-34(31,32)20-7-4-16-12-19(26)6-3-17(16)13-20/h2-9,12-14,22,28H,10-11H2,1H3/t22-/m0/s1. The third-order valence-corrected chi connectivity index (χ3v) is 7.55. The Morgan fingerprint density at radius 2 is 1.79 bits per heavy atom.